The van der Waals surface area contributed by atoms with E-state index in [0.717, 1.165) is 43.9 Å². The fourth-order valence-corrected chi connectivity index (χ4v) is 4.50. The average molecular weight is 332 g/mol. The molecule has 4 heterocycles. The van der Waals surface area contributed by atoms with Gasteiger partial charge < -0.3 is 9.64 Å². The zero-order valence-corrected chi connectivity index (χ0v) is 14.8. The van der Waals surface area contributed by atoms with Crippen LogP contribution in [0.25, 0.3) is 0 Å². The zero-order valence-electron chi connectivity index (χ0n) is 14.8. The normalized spacial score (nSPS) is 26.8. The number of piperidine rings is 1. The van der Waals surface area contributed by atoms with Crippen molar-refractivity contribution in [3.8, 4) is 0 Å². The molecule has 4 rings (SSSR count). The van der Waals surface area contributed by atoms with Gasteiger partial charge in [-0.15, -0.1) is 0 Å². The molecule has 1 spiro atoms. The number of amides is 1. The first kappa shape index (κ1) is 16.1. The minimum Gasteiger partial charge on any atom is -0.370 e. The Morgan fingerprint density at radius 2 is 2.08 bits per heavy atom. The number of carbonyl (C=O) groups excluding carboxylic acids is 1. The summed E-state index contributed by atoms with van der Waals surface area (Å²) in [5.41, 5.74) is 1.60. The number of hydrogen-bond acceptors (Lipinski definition) is 4. The van der Waals surface area contributed by atoms with Crippen molar-refractivity contribution in [2.45, 2.75) is 57.7 Å². The smallest absolute Gasteiger partial charge is 0.257 e. The number of hydrogen-bond donors (Lipinski definition) is 0. The van der Waals surface area contributed by atoms with Crippen molar-refractivity contribution in [1.82, 2.24) is 19.6 Å². The van der Waals surface area contributed by atoms with Gasteiger partial charge in [-0.25, -0.2) is 0 Å². The molecular weight excluding hydrogens is 304 g/mol. The highest BCUT2D eigenvalue weighted by atomic mass is 16.5. The summed E-state index contributed by atoms with van der Waals surface area (Å²) in [5.74, 6) is 0.0999. The molecular formula is C18H28N4O2. The van der Waals surface area contributed by atoms with Gasteiger partial charge in [-0.3, -0.25) is 14.4 Å². The Morgan fingerprint density at radius 3 is 2.75 bits per heavy atom. The highest BCUT2D eigenvalue weighted by Gasteiger charge is 2.52. The summed E-state index contributed by atoms with van der Waals surface area (Å²) < 4.78 is 8.04. The first-order valence-electron chi connectivity index (χ1n) is 9.31. The fraction of sp³-hybridized carbons (Fsp3) is 0.778. The third-order valence-corrected chi connectivity index (χ3v) is 5.97. The van der Waals surface area contributed by atoms with E-state index < -0.39 is 0 Å². The summed E-state index contributed by atoms with van der Waals surface area (Å²) in [6, 6.07) is 0.548. The molecule has 1 unspecified atom stereocenters. The van der Waals surface area contributed by atoms with Gasteiger partial charge in [0.15, 0.2) is 0 Å². The van der Waals surface area contributed by atoms with E-state index in [-0.39, 0.29) is 11.5 Å². The number of aryl methyl sites for hydroxylation is 1. The third-order valence-electron chi connectivity index (χ3n) is 5.97. The van der Waals surface area contributed by atoms with Crippen molar-refractivity contribution >= 4 is 5.91 Å². The zero-order chi connectivity index (χ0) is 16.7. The van der Waals surface area contributed by atoms with Crippen LogP contribution in [0.4, 0.5) is 0 Å². The number of nitrogens with zero attached hydrogens (tertiary/aromatic N) is 4. The van der Waals surface area contributed by atoms with Gasteiger partial charge in [-0.05, 0) is 46.2 Å². The minimum absolute atomic E-state index is 0.0908. The molecule has 3 fully saturated rings. The van der Waals surface area contributed by atoms with Crippen LogP contribution in [0.3, 0.4) is 0 Å². The Bertz CT molecular complexity index is 615. The van der Waals surface area contributed by atoms with E-state index in [2.05, 4.69) is 10.00 Å². The Balaban J connectivity index is 1.36. The van der Waals surface area contributed by atoms with Crippen LogP contribution in [0.15, 0.2) is 6.20 Å². The molecule has 6 heteroatoms. The largest absolute Gasteiger partial charge is 0.370 e. The third kappa shape index (κ3) is 2.65. The number of carbonyl (C=O) groups is 1. The van der Waals surface area contributed by atoms with Crippen molar-refractivity contribution in [1.29, 1.82) is 0 Å². The summed E-state index contributed by atoms with van der Waals surface area (Å²) >= 11 is 0. The lowest BCUT2D eigenvalue weighted by Gasteiger charge is -2.47. The summed E-state index contributed by atoms with van der Waals surface area (Å²) in [4.78, 5) is 17.2. The van der Waals surface area contributed by atoms with Crippen LogP contribution in [0.2, 0.25) is 0 Å². The SMILES string of the molecule is CCn1ncc(C(=O)N2CC3(CC(N4CCCCC4)CO3)C2)c1C. The predicted molar refractivity (Wildman–Crippen MR) is 91.1 cm³/mol. The molecule has 3 saturated heterocycles. The van der Waals surface area contributed by atoms with E-state index in [9.17, 15) is 4.79 Å². The maximum Gasteiger partial charge on any atom is 0.257 e. The van der Waals surface area contributed by atoms with Crippen LogP contribution in [0, 0.1) is 6.92 Å². The monoisotopic (exact) mass is 332 g/mol. The Morgan fingerprint density at radius 1 is 1.33 bits per heavy atom. The standard InChI is InChI=1S/C18H28N4O2/c1-3-22-14(2)16(10-19-22)17(23)21-12-18(13-21)9-15(11-24-18)20-7-5-4-6-8-20/h10,15H,3-9,11-13H2,1-2H3. The lowest BCUT2D eigenvalue weighted by molar-refractivity contribution is -0.0951. The van der Waals surface area contributed by atoms with Crippen LogP contribution in [0.1, 0.15) is 48.7 Å². The molecule has 1 atom stereocenters. The molecule has 6 nitrogen and oxygen atoms in total. The minimum atomic E-state index is -0.0908. The van der Waals surface area contributed by atoms with Crippen LogP contribution in [0.5, 0.6) is 0 Å². The van der Waals surface area contributed by atoms with Gasteiger partial charge in [0.25, 0.3) is 5.91 Å². The van der Waals surface area contributed by atoms with Crippen LogP contribution in [-0.2, 0) is 11.3 Å². The first-order chi connectivity index (χ1) is 11.6. The summed E-state index contributed by atoms with van der Waals surface area (Å²) in [5, 5.41) is 4.29. The lowest BCUT2D eigenvalue weighted by atomic mass is 9.88. The molecule has 0 bridgehead atoms. The molecule has 132 valence electrons. The second-order valence-corrected chi connectivity index (χ2v) is 7.57. The molecule has 0 radical (unpaired) electrons. The molecule has 3 aliphatic heterocycles. The highest BCUT2D eigenvalue weighted by Crippen LogP contribution is 2.38. The second-order valence-electron chi connectivity index (χ2n) is 7.57. The molecule has 0 saturated carbocycles. The van der Waals surface area contributed by atoms with E-state index in [1.54, 1.807) is 6.20 Å². The first-order valence-corrected chi connectivity index (χ1v) is 9.31. The van der Waals surface area contributed by atoms with Gasteiger partial charge in [0.2, 0.25) is 0 Å². The van der Waals surface area contributed by atoms with Gasteiger partial charge in [0, 0.05) is 18.3 Å². The maximum atomic E-state index is 12.7. The van der Waals surface area contributed by atoms with Crippen LogP contribution < -0.4 is 0 Å². The van der Waals surface area contributed by atoms with Crippen LogP contribution in [-0.4, -0.2) is 69.9 Å². The van der Waals surface area contributed by atoms with Crippen molar-refractivity contribution in [2.75, 3.05) is 32.8 Å². The number of ether oxygens (including phenoxy) is 1. The maximum absolute atomic E-state index is 12.7. The van der Waals surface area contributed by atoms with Crippen molar-refractivity contribution in [3.63, 3.8) is 0 Å². The quantitative estimate of drug-likeness (QED) is 0.845. The number of rotatable bonds is 3. The van der Waals surface area contributed by atoms with E-state index in [1.165, 1.54) is 32.4 Å². The molecule has 0 aromatic carbocycles. The van der Waals surface area contributed by atoms with Gasteiger partial charge in [0.1, 0.15) is 5.60 Å². The average Bonchev–Trinajstić information content (AvgIpc) is 3.18. The van der Waals surface area contributed by atoms with Crippen molar-refractivity contribution in [3.05, 3.63) is 17.5 Å². The number of likely N-dealkylation sites (tertiary alicyclic amines) is 2. The number of aromatic nitrogens is 2. The molecule has 1 amide bonds. The van der Waals surface area contributed by atoms with Gasteiger partial charge in [-0.1, -0.05) is 6.42 Å². The van der Waals surface area contributed by atoms with Crippen LogP contribution >= 0.6 is 0 Å². The van der Waals surface area contributed by atoms with Gasteiger partial charge >= 0.3 is 0 Å². The Hall–Kier alpha value is -1.40. The van der Waals surface area contributed by atoms with E-state index in [0.29, 0.717) is 6.04 Å². The Kier molecular flexibility index (Phi) is 4.12. The predicted octanol–water partition coefficient (Wildman–Crippen LogP) is 1.68. The lowest BCUT2D eigenvalue weighted by Crippen LogP contribution is -2.63. The molecule has 3 aliphatic rings. The molecule has 0 aliphatic carbocycles. The molecule has 1 aromatic heterocycles. The molecule has 0 N–H and O–H groups in total. The van der Waals surface area contributed by atoms with E-state index in [4.69, 9.17) is 4.74 Å². The van der Waals surface area contributed by atoms with Gasteiger partial charge in [-0.2, -0.15) is 5.10 Å². The molecule has 1 aromatic rings. The van der Waals surface area contributed by atoms with Crippen molar-refractivity contribution < 1.29 is 9.53 Å². The summed E-state index contributed by atoms with van der Waals surface area (Å²) in [6.45, 7) is 9.51. The molecule has 24 heavy (non-hydrogen) atoms. The topological polar surface area (TPSA) is 50.6 Å². The fourth-order valence-electron chi connectivity index (χ4n) is 4.50. The highest BCUT2D eigenvalue weighted by molar-refractivity contribution is 5.95. The Labute approximate surface area is 143 Å². The van der Waals surface area contributed by atoms with Gasteiger partial charge in [0.05, 0.1) is 31.5 Å². The van der Waals surface area contributed by atoms with Crippen molar-refractivity contribution in [2.24, 2.45) is 0 Å². The second kappa shape index (κ2) is 6.15. The van der Waals surface area contributed by atoms with E-state index in [1.807, 2.05) is 23.4 Å². The summed E-state index contributed by atoms with van der Waals surface area (Å²) in [6.07, 6.45) is 6.77. The summed E-state index contributed by atoms with van der Waals surface area (Å²) in [7, 11) is 0. The van der Waals surface area contributed by atoms with E-state index >= 15 is 0 Å².